The zero-order valence-electron chi connectivity index (χ0n) is 15.6. The molecule has 2 atom stereocenters. The lowest BCUT2D eigenvalue weighted by Crippen LogP contribution is -2.37. The van der Waals surface area contributed by atoms with Gasteiger partial charge in [-0.1, -0.05) is 17.7 Å². The molecular formula is C18H16ClF2N5O2S2. The van der Waals surface area contributed by atoms with Crippen LogP contribution in [0.15, 0.2) is 40.0 Å². The highest BCUT2D eigenvalue weighted by molar-refractivity contribution is 7.95. The zero-order valence-corrected chi connectivity index (χ0v) is 18.0. The van der Waals surface area contributed by atoms with Gasteiger partial charge in [-0.3, -0.25) is 10.1 Å². The van der Waals surface area contributed by atoms with Crippen LogP contribution in [0.1, 0.15) is 23.0 Å². The molecule has 2 aliphatic heterocycles. The summed E-state index contributed by atoms with van der Waals surface area (Å²) in [6.45, 7) is 0.497. The molecule has 1 fully saturated rings. The second kappa shape index (κ2) is 8.60. The van der Waals surface area contributed by atoms with Gasteiger partial charge in [0.15, 0.2) is 22.5 Å². The zero-order chi connectivity index (χ0) is 21.4. The number of aromatic nitrogens is 1. The van der Waals surface area contributed by atoms with Crippen LogP contribution in [-0.2, 0) is 9.53 Å². The first kappa shape index (κ1) is 21.2. The van der Waals surface area contributed by atoms with Gasteiger partial charge >= 0.3 is 5.97 Å². The van der Waals surface area contributed by atoms with E-state index in [2.05, 4.69) is 9.71 Å². The highest BCUT2D eigenvalue weighted by atomic mass is 35.5. The van der Waals surface area contributed by atoms with Gasteiger partial charge in [-0.25, -0.2) is 23.3 Å². The van der Waals surface area contributed by atoms with Crippen LogP contribution in [0.3, 0.4) is 0 Å². The fourth-order valence-electron chi connectivity index (χ4n) is 3.62. The standard InChI is InChI=1S/C18H16ClF2N5O2S2/c1-28-18(27)12-11-6-8(25-30-22)7-26(11)16(17-23-4-5-29-17)24-15(12)9-2-3-10(20)14(21)13(9)19/h2-5,8,15,25H,6-7,22H2,1H3/t8-,15+/m0/s1. The molecule has 0 saturated carbocycles. The number of rotatable bonds is 5. The molecule has 3 heterocycles. The van der Waals surface area contributed by atoms with Crippen molar-refractivity contribution in [2.45, 2.75) is 18.5 Å². The predicted octanol–water partition coefficient (Wildman–Crippen LogP) is 3.19. The lowest BCUT2D eigenvalue weighted by Gasteiger charge is -2.31. The second-order valence-electron chi connectivity index (χ2n) is 6.56. The van der Waals surface area contributed by atoms with Crippen molar-refractivity contribution < 1.29 is 18.3 Å². The van der Waals surface area contributed by atoms with Crippen molar-refractivity contribution in [1.29, 1.82) is 0 Å². The molecule has 2 aliphatic rings. The summed E-state index contributed by atoms with van der Waals surface area (Å²) in [5, 5.41) is 7.56. The Morgan fingerprint density at radius 1 is 1.47 bits per heavy atom. The third kappa shape index (κ3) is 3.60. The van der Waals surface area contributed by atoms with Gasteiger partial charge in [-0.2, -0.15) is 0 Å². The van der Waals surface area contributed by atoms with Crippen LogP contribution in [-0.4, -0.2) is 41.4 Å². The summed E-state index contributed by atoms with van der Waals surface area (Å²) in [6.07, 6.45) is 2.10. The summed E-state index contributed by atoms with van der Waals surface area (Å²) in [5.41, 5.74) is 1.04. The molecule has 1 aromatic carbocycles. The SMILES string of the molecule is COC(=O)C1=C2C[C@H](NSN)CN2C(c2nccs2)=N[C@@H]1c1ccc(F)c(F)c1Cl. The van der Waals surface area contributed by atoms with E-state index in [0.717, 1.165) is 18.2 Å². The van der Waals surface area contributed by atoms with E-state index < -0.39 is 28.7 Å². The number of amidine groups is 1. The number of hydrogen-bond acceptors (Lipinski definition) is 9. The van der Waals surface area contributed by atoms with Gasteiger partial charge in [-0.15, -0.1) is 11.3 Å². The van der Waals surface area contributed by atoms with Crippen molar-refractivity contribution in [1.82, 2.24) is 14.6 Å². The number of carbonyl (C=O) groups is 1. The first-order valence-corrected chi connectivity index (χ1v) is 10.9. The number of carbonyl (C=O) groups excluding carboxylic acids is 1. The lowest BCUT2D eigenvalue weighted by atomic mass is 9.94. The number of hydrogen-bond donors (Lipinski definition) is 2. The molecule has 1 aromatic heterocycles. The Bertz CT molecular complexity index is 1050. The molecule has 0 amide bonds. The Kier molecular flexibility index (Phi) is 6.07. The fraction of sp³-hybridized carbons (Fsp3) is 0.278. The number of thiazole rings is 1. The minimum absolute atomic E-state index is 0.0704. The van der Waals surface area contributed by atoms with Crippen LogP contribution < -0.4 is 9.86 Å². The van der Waals surface area contributed by atoms with Crippen LogP contribution in [0, 0.1) is 11.6 Å². The van der Waals surface area contributed by atoms with Gasteiger partial charge in [0.25, 0.3) is 0 Å². The van der Waals surface area contributed by atoms with E-state index in [-0.39, 0.29) is 17.2 Å². The van der Waals surface area contributed by atoms with Crippen molar-refractivity contribution in [2.24, 2.45) is 10.1 Å². The summed E-state index contributed by atoms with van der Waals surface area (Å²) in [4.78, 5) is 23.7. The summed E-state index contributed by atoms with van der Waals surface area (Å²) in [6, 6.07) is 1.24. The molecular weight excluding hydrogens is 456 g/mol. The second-order valence-corrected chi connectivity index (χ2v) is 8.30. The quantitative estimate of drug-likeness (QED) is 0.393. The third-order valence-corrected chi connectivity index (χ3v) is 6.51. The highest BCUT2D eigenvalue weighted by Gasteiger charge is 2.42. The number of fused-ring (bicyclic) bond motifs is 1. The normalized spacial score (nSPS) is 21.0. The third-order valence-electron chi connectivity index (χ3n) is 4.88. The summed E-state index contributed by atoms with van der Waals surface area (Å²) in [5.74, 6) is -2.38. The number of ether oxygens (including phenoxy) is 1. The smallest absolute Gasteiger partial charge is 0.338 e. The van der Waals surface area contributed by atoms with Crippen molar-refractivity contribution in [3.63, 3.8) is 0 Å². The molecule has 0 unspecified atom stereocenters. The molecule has 7 nitrogen and oxygen atoms in total. The average Bonchev–Trinajstić information content (AvgIpc) is 3.41. The number of nitrogens with one attached hydrogen (secondary N) is 1. The Hall–Kier alpha value is -2.05. The average molecular weight is 472 g/mol. The van der Waals surface area contributed by atoms with E-state index in [1.54, 1.807) is 11.6 Å². The van der Waals surface area contributed by atoms with Crippen molar-refractivity contribution in [2.75, 3.05) is 13.7 Å². The minimum atomic E-state index is -1.19. The molecule has 2 aromatic rings. The first-order valence-electron chi connectivity index (χ1n) is 8.77. The maximum absolute atomic E-state index is 14.2. The fourth-order valence-corrected chi connectivity index (χ4v) is 4.87. The van der Waals surface area contributed by atoms with E-state index in [4.69, 9.17) is 26.5 Å². The van der Waals surface area contributed by atoms with Gasteiger partial charge in [0.1, 0.15) is 6.04 Å². The molecule has 158 valence electrons. The summed E-state index contributed by atoms with van der Waals surface area (Å²) in [7, 11) is 1.25. The van der Waals surface area contributed by atoms with Gasteiger partial charge in [0, 0.05) is 54.0 Å². The Balaban J connectivity index is 1.92. The van der Waals surface area contributed by atoms with Gasteiger partial charge in [-0.05, 0) is 6.07 Å². The Labute approximate surface area is 184 Å². The number of esters is 1. The summed E-state index contributed by atoms with van der Waals surface area (Å²) >= 11 is 8.48. The van der Waals surface area contributed by atoms with Crippen LogP contribution in [0.2, 0.25) is 5.02 Å². The molecule has 0 aliphatic carbocycles. The molecule has 0 spiro atoms. The largest absolute Gasteiger partial charge is 0.466 e. The number of benzene rings is 1. The highest BCUT2D eigenvalue weighted by Crippen LogP contribution is 2.43. The summed E-state index contributed by atoms with van der Waals surface area (Å²) < 4.78 is 36.0. The van der Waals surface area contributed by atoms with E-state index in [0.29, 0.717) is 29.5 Å². The molecule has 3 N–H and O–H groups in total. The van der Waals surface area contributed by atoms with Gasteiger partial charge in [0.2, 0.25) is 0 Å². The van der Waals surface area contributed by atoms with Crippen molar-refractivity contribution in [3.05, 3.63) is 62.2 Å². The Morgan fingerprint density at radius 3 is 2.93 bits per heavy atom. The number of nitrogens with zero attached hydrogens (tertiary/aromatic N) is 3. The molecule has 1 saturated heterocycles. The lowest BCUT2D eigenvalue weighted by molar-refractivity contribution is -0.136. The molecule has 4 rings (SSSR count). The Morgan fingerprint density at radius 2 is 2.27 bits per heavy atom. The molecule has 0 bridgehead atoms. The van der Waals surface area contributed by atoms with Crippen LogP contribution in [0.5, 0.6) is 0 Å². The molecule has 12 heteroatoms. The maximum atomic E-state index is 14.2. The van der Waals surface area contributed by atoms with Crippen LogP contribution in [0.25, 0.3) is 0 Å². The van der Waals surface area contributed by atoms with E-state index in [1.165, 1.54) is 24.5 Å². The van der Waals surface area contributed by atoms with Crippen LogP contribution >= 0.6 is 35.1 Å². The first-order chi connectivity index (χ1) is 14.5. The number of nitrogens with two attached hydrogens (primary N) is 1. The number of halogens is 3. The predicted molar refractivity (Wildman–Crippen MR) is 112 cm³/mol. The van der Waals surface area contributed by atoms with E-state index >= 15 is 0 Å². The molecule has 0 radical (unpaired) electrons. The van der Waals surface area contributed by atoms with Crippen LogP contribution in [0.4, 0.5) is 8.78 Å². The maximum Gasteiger partial charge on any atom is 0.338 e. The number of methoxy groups -OCH3 is 1. The van der Waals surface area contributed by atoms with Gasteiger partial charge < -0.3 is 9.64 Å². The number of aliphatic imine (C=N–C) groups is 1. The molecule has 30 heavy (non-hydrogen) atoms. The van der Waals surface area contributed by atoms with Crippen molar-refractivity contribution >= 4 is 46.9 Å². The minimum Gasteiger partial charge on any atom is -0.466 e. The van der Waals surface area contributed by atoms with Crippen molar-refractivity contribution in [3.8, 4) is 0 Å². The van der Waals surface area contributed by atoms with Gasteiger partial charge in [0.05, 0.1) is 17.7 Å². The van der Waals surface area contributed by atoms with E-state index in [9.17, 15) is 13.6 Å². The van der Waals surface area contributed by atoms with E-state index in [1.807, 2.05) is 4.90 Å². The monoisotopic (exact) mass is 471 g/mol. The topological polar surface area (TPSA) is 92.8 Å².